The Balaban J connectivity index is 1.51. The van der Waals surface area contributed by atoms with Gasteiger partial charge in [-0.15, -0.1) is 4.73 Å². The summed E-state index contributed by atoms with van der Waals surface area (Å²) in [6.45, 7) is 6.33. The fourth-order valence-electron chi connectivity index (χ4n) is 5.01. The van der Waals surface area contributed by atoms with E-state index in [1.54, 1.807) is 60.7 Å². The van der Waals surface area contributed by atoms with Crippen molar-refractivity contribution in [3.05, 3.63) is 118 Å². The van der Waals surface area contributed by atoms with Gasteiger partial charge in [-0.2, -0.15) is 0 Å². The second-order valence-corrected chi connectivity index (χ2v) is 11.4. The smallest absolute Gasteiger partial charge is 0.365 e. The Hall–Kier alpha value is -5.62. The summed E-state index contributed by atoms with van der Waals surface area (Å²) in [7, 11) is 0. The molecule has 1 aromatic heterocycles. The summed E-state index contributed by atoms with van der Waals surface area (Å²) >= 11 is 0. The highest BCUT2D eigenvalue weighted by Crippen LogP contribution is 2.39. The molecule has 4 atom stereocenters. The first-order valence-electron chi connectivity index (χ1n) is 14.6. The van der Waals surface area contributed by atoms with Gasteiger partial charge in [0.1, 0.15) is 12.7 Å². The van der Waals surface area contributed by atoms with E-state index < -0.39 is 66.2 Å². The van der Waals surface area contributed by atoms with Gasteiger partial charge in [0.05, 0.1) is 16.7 Å². The van der Waals surface area contributed by atoms with E-state index in [0.717, 1.165) is 28.8 Å². The topological polar surface area (TPSA) is 160 Å². The molecule has 244 valence electrons. The Kier molecular flexibility index (Phi) is 9.34. The number of aryl methyl sites for hydroxylation is 3. The number of benzene rings is 3. The predicted octanol–water partition coefficient (Wildman–Crippen LogP) is 4.25. The minimum absolute atomic E-state index is 0.127. The van der Waals surface area contributed by atoms with Crippen LogP contribution in [0.1, 0.15) is 54.7 Å². The summed E-state index contributed by atoms with van der Waals surface area (Å²) in [5.41, 5.74) is 1.14. The van der Waals surface area contributed by atoms with Crippen LogP contribution in [0.3, 0.4) is 0 Å². The average Bonchev–Trinajstić information content (AvgIpc) is 3.50. The van der Waals surface area contributed by atoms with Crippen molar-refractivity contribution in [3.63, 3.8) is 0 Å². The number of aromatic nitrogens is 1. The molecule has 12 nitrogen and oxygen atoms in total. The second-order valence-electron chi connectivity index (χ2n) is 11.4. The second kappa shape index (κ2) is 13.4. The molecule has 3 aromatic carbocycles. The van der Waals surface area contributed by atoms with E-state index in [1.807, 2.05) is 20.8 Å². The zero-order chi connectivity index (χ0) is 33.9. The van der Waals surface area contributed by atoms with Crippen molar-refractivity contribution in [3.8, 4) is 11.8 Å². The molecule has 12 heteroatoms. The monoisotopic (exact) mass is 643 g/mol. The molecule has 0 saturated carbocycles. The van der Waals surface area contributed by atoms with Gasteiger partial charge in [0.25, 0.3) is 0 Å². The lowest BCUT2D eigenvalue weighted by Gasteiger charge is -2.33. The first kappa shape index (κ1) is 32.8. The van der Waals surface area contributed by atoms with Crippen LogP contribution in [0.4, 0.5) is 0 Å². The van der Waals surface area contributed by atoms with Crippen LogP contribution in [0, 0.1) is 20.8 Å². The molecule has 2 heterocycles. The Bertz CT molecular complexity index is 1760. The largest absolute Gasteiger partial charge is 0.492 e. The van der Waals surface area contributed by atoms with Gasteiger partial charge in [-0.05, 0) is 64.1 Å². The van der Waals surface area contributed by atoms with Gasteiger partial charge < -0.3 is 34.0 Å². The highest BCUT2D eigenvalue weighted by Gasteiger charge is 2.63. The van der Waals surface area contributed by atoms with Gasteiger partial charge in [-0.25, -0.2) is 19.2 Å². The van der Waals surface area contributed by atoms with Gasteiger partial charge in [0.15, 0.2) is 11.7 Å². The Morgan fingerprint density at radius 2 is 1.15 bits per heavy atom. The van der Waals surface area contributed by atoms with E-state index in [-0.39, 0.29) is 16.7 Å². The molecule has 0 spiro atoms. The van der Waals surface area contributed by atoms with Crippen LogP contribution in [-0.2, 0) is 23.7 Å². The van der Waals surface area contributed by atoms with Gasteiger partial charge in [0, 0.05) is 12.1 Å². The highest BCUT2D eigenvalue weighted by atomic mass is 16.7. The third-order valence-electron chi connectivity index (χ3n) is 7.71. The van der Waals surface area contributed by atoms with E-state index in [0.29, 0.717) is 4.73 Å². The van der Waals surface area contributed by atoms with Crippen LogP contribution < -0.4 is 4.84 Å². The van der Waals surface area contributed by atoms with E-state index in [9.17, 15) is 29.4 Å². The van der Waals surface area contributed by atoms with Crippen molar-refractivity contribution in [2.24, 2.45) is 0 Å². The number of rotatable bonds is 9. The minimum atomic E-state index is -2.08. The minimum Gasteiger partial charge on any atom is -0.492 e. The fourth-order valence-corrected chi connectivity index (χ4v) is 5.01. The third-order valence-corrected chi connectivity index (χ3v) is 7.71. The van der Waals surface area contributed by atoms with Gasteiger partial charge >= 0.3 is 23.9 Å². The molecule has 0 aliphatic carbocycles. The first-order valence-corrected chi connectivity index (χ1v) is 14.6. The molecule has 1 fully saturated rings. The molecule has 2 N–H and O–H groups in total. The highest BCUT2D eigenvalue weighted by molar-refractivity contribution is 5.92. The van der Waals surface area contributed by atoms with Crippen LogP contribution in [0.2, 0.25) is 0 Å². The lowest BCUT2D eigenvalue weighted by Crippen LogP contribution is -2.55. The summed E-state index contributed by atoms with van der Waals surface area (Å²) in [4.78, 5) is 58.7. The quantitative estimate of drug-likeness (QED) is 0.198. The van der Waals surface area contributed by atoms with Crippen LogP contribution in [-0.4, -0.2) is 69.3 Å². The van der Waals surface area contributed by atoms with Crippen molar-refractivity contribution in [2.75, 3.05) is 6.61 Å². The summed E-state index contributed by atoms with van der Waals surface area (Å²) < 4.78 is 23.8. The number of carbonyl (C=O) groups excluding carboxylic acids is 4. The average molecular weight is 644 g/mol. The van der Waals surface area contributed by atoms with Crippen molar-refractivity contribution in [1.29, 1.82) is 0 Å². The summed E-state index contributed by atoms with van der Waals surface area (Å²) in [5, 5.41) is 20.2. The number of esters is 3. The number of hydrogen-bond donors (Lipinski definition) is 2. The Morgan fingerprint density at radius 1 is 0.702 bits per heavy atom. The fraction of sp³-hybridized carbons (Fsp3) is 0.257. The van der Waals surface area contributed by atoms with E-state index in [2.05, 4.69) is 0 Å². The first-order chi connectivity index (χ1) is 22.4. The SMILES string of the molecule is Cc1ccc(C(=O)OC[C@H]2O[C@@H](C(=O)On3c(O)ccc3O)[C@](C)(OC(=O)c3ccc(C)cc3)[C@@H]2OC(=O)c2ccc(C)cc2)cc1. The van der Waals surface area contributed by atoms with Crippen LogP contribution in [0.5, 0.6) is 11.8 Å². The van der Waals surface area contributed by atoms with E-state index in [1.165, 1.54) is 19.1 Å². The van der Waals surface area contributed by atoms with Crippen molar-refractivity contribution < 1.29 is 53.2 Å². The van der Waals surface area contributed by atoms with E-state index in [4.69, 9.17) is 23.8 Å². The molecule has 0 bridgehead atoms. The Morgan fingerprint density at radius 3 is 1.64 bits per heavy atom. The standard InChI is InChI=1S/C35H33NO11/c1-20-5-11-23(12-6-20)31(39)43-19-26-29(45-32(40)24-13-7-21(2)8-14-24)35(4,46-33(41)25-15-9-22(3)10-16-25)30(44-26)34(42)47-36-27(37)17-18-28(36)38/h5-18,26,29-30,37-38H,19H2,1-4H3/t26-,29-,30+,35-/m1/s1. The van der Waals surface area contributed by atoms with Gasteiger partial charge in [0.2, 0.25) is 17.9 Å². The molecule has 0 amide bonds. The van der Waals surface area contributed by atoms with Crippen LogP contribution >= 0.6 is 0 Å². The third kappa shape index (κ3) is 7.12. The molecule has 1 aliphatic heterocycles. The zero-order valence-corrected chi connectivity index (χ0v) is 26.0. The molecule has 47 heavy (non-hydrogen) atoms. The maximum Gasteiger partial charge on any atom is 0.365 e. The number of nitrogens with zero attached hydrogens (tertiary/aromatic N) is 1. The van der Waals surface area contributed by atoms with Gasteiger partial charge in [-0.1, -0.05) is 53.1 Å². The number of ether oxygens (including phenoxy) is 4. The molecule has 1 saturated heterocycles. The van der Waals surface area contributed by atoms with Crippen molar-refractivity contribution in [2.45, 2.75) is 51.6 Å². The summed E-state index contributed by atoms with van der Waals surface area (Å²) in [5.74, 6) is -4.88. The van der Waals surface area contributed by atoms with Crippen LogP contribution in [0.15, 0.2) is 84.9 Å². The molecular formula is C35H33NO11. The van der Waals surface area contributed by atoms with Crippen LogP contribution in [0.25, 0.3) is 0 Å². The molecule has 0 unspecified atom stereocenters. The molecule has 0 radical (unpaired) electrons. The molecule has 4 aromatic rings. The Labute approximate surface area is 270 Å². The van der Waals surface area contributed by atoms with Crippen molar-refractivity contribution in [1.82, 2.24) is 4.73 Å². The maximum absolute atomic E-state index is 13.6. The van der Waals surface area contributed by atoms with Crippen molar-refractivity contribution >= 4 is 23.9 Å². The number of aromatic hydroxyl groups is 2. The summed E-state index contributed by atoms with van der Waals surface area (Å²) in [6.07, 6.45) is -4.68. The molecular weight excluding hydrogens is 610 g/mol. The number of hydrogen-bond acceptors (Lipinski definition) is 11. The molecule has 5 rings (SSSR count). The lowest BCUT2D eigenvalue weighted by molar-refractivity contribution is -0.168. The maximum atomic E-state index is 13.6. The molecule has 1 aliphatic rings. The van der Waals surface area contributed by atoms with Gasteiger partial charge in [-0.3, -0.25) is 0 Å². The van der Waals surface area contributed by atoms with E-state index >= 15 is 0 Å². The predicted molar refractivity (Wildman–Crippen MR) is 165 cm³/mol. The lowest BCUT2D eigenvalue weighted by atomic mass is 9.91. The zero-order valence-electron chi connectivity index (χ0n) is 26.0. The normalized spacial score (nSPS) is 20.3. The number of carbonyl (C=O) groups is 4. The summed E-state index contributed by atoms with van der Waals surface area (Å²) in [6, 6.07) is 21.7.